The molecule has 5 nitrogen and oxygen atoms in total. The third kappa shape index (κ3) is 2.89. The van der Waals surface area contributed by atoms with Crippen molar-refractivity contribution in [1.29, 1.82) is 0 Å². The number of carbonyl (C=O) groups is 1. The molecular weight excluding hydrogens is 273 g/mol. The van der Waals surface area contributed by atoms with Crippen molar-refractivity contribution in [3.63, 3.8) is 0 Å². The largest absolute Gasteiger partial charge is 0.359 e. The van der Waals surface area contributed by atoms with Crippen LogP contribution in [0.1, 0.15) is 44.8 Å². The van der Waals surface area contributed by atoms with Crippen LogP contribution in [-0.2, 0) is 6.42 Å². The highest BCUT2D eigenvalue weighted by Crippen LogP contribution is 2.40. The topological polar surface area (TPSA) is 58.4 Å². The molecule has 2 atom stereocenters. The first-order valence-corrected chi connectivity index (χ1v) is 7.82. The van der Waals surface area contributed by atoms with Crippen LogP contribution in [0.4, 0.5) is 15.0 Å². The number of hydrogen-bond donors (Lipinski definition) is 1. The summed E-state index contributed by atoms with van der Waals surface area (Å²) in [6, 6.07) is 2.16. The van der Waals surface area contributed by atoms with Crippen molar-refractivity contribution in [1.82, 2.24) is 10.1 Å². The Morgan fingerprint density at radius 2 is 2.19 bits per heavy atom. The monoisotopic (exact) mass is 295 g/mol. The minimum Gasteiger partial charge on any atom is -0.359 e. The van der Waals surface area contributed by atoms with E-state index < -0.39 is 0 Å². The number of amides is 2. The van der Waals surface area contributed by atoms with Gasteiger partial charge in [-0.1, -0.05) is 12.1 Å². The van der Waals surface area contributed by atoms with Crippen molar-refractivity contribution < 1.29 is 13.7 Å². The normalized spacial score (nSPS) is 27.9. The van der Waals surface area contributed by atoms with Gasteiger partial charge in [0.05, 0.1) is 6.67 Å². The molecule has 2 unspecified atom stereocenters. The summed E-state index contributed by atoms with van der Waals surface area (Å²) < 4.78 is 17.6. The molecule has 1 aromatic heterocycles. The Kier molecular flexibility index (Phi) is 4.12. The average Bonchev–Trinajstić information content (AvgIpc) is 3.02. The molecule has 2 saturated heterocycles. The zero-order valence-corrected chi connectivity index (χ0v) is 12.3. The van der Waals surface area contributed by atoms with E-state index in [1.807, 2.05) is 11.8 Å². The lowest BCUT2D eigenvalue weighted by Crippen LogP contribution is -2.48. The van der Waals surface area contributed by atoms with Gasteiger partial charge in [-0.15, -0.1) is 0 Å². The number of halogens is 1. The van der Waals surface area contributed by atoms with Gasteiger partial charge in [0.1, 0.15) is 5.76 Å². The van der Waals surface area contributed by atoms with Crippen LogP contribution in [0.15, 0.2) is 10.6 Å². The van der Waals surface area contributed by atoms with Crippen molar-refractivity contribution in [2.24, 2.45) is 5.92 Å². The number of hydrogen-bond acceptors (Lipinski definition) is 3. The fraction of sp³-hybridized carbons (Fsp3) is 0.733. The molecule has 0 aromatic carbocycles. The van der Waals surface area contributed by atoms with Crippen molar-refractivity contribution >= 4 is 11.8 Å². The van der Waals surface area contributed by atoms with Crippen molar-refractivity contribution in [2.45, 2.75) is 57.5 Å². The Morgan fingerprint density at radius 3 is 2.76 bits per heavy atom. The van der Waals surface area contributed by atoms with Crippen molar-refractivity contribution in [3.05, 3.63) is 11.8 Å². The molecule has 2 bridgehead atoms. The van der Waals surface area contributed by atoms with Gasteiger partial charge in [-0.05, 0) is 38.0 Å². The van der Waals surface area contributed by atoms with Gasteiger partial charge in [0.15, 0.2) is 5.82 Å². The second kappa shape index (κ2) is 6.03. The zero-order chi connectivity index (χ0) is 14.8. The lowest BCUT2D eigenvalue weighted by Gasteiger charge is -2.38. The SMILES string of the molecule is CCc1cc(NC(=O)N2C3CCC2CC(CCF)C3)no1. The molecule has 0 spiro atoms. The maximum atomic E-state index is 12.5. The summed E-state index contributed by atoms with van der Waals surface area (Å²) in [6.45, 7) is 1.72. The molecule has 2 fully saturated rings. The standard InChI is InChI=1S/C15H22FN3O2/c1-2-13-9-14(18-21-13)17-15(20)19-11-3-4-12(19)8-10(7-11)5-6-16/h9-12H,2-8H2,1H3,(H,17,18,20). The van der Waals surface area contributed by atoms with Crippen LogP contribution < -0.4 is 5.32 Å². The van der Waals surface area contributed by atoms with E-state index in [2.05, 4.69) is 10.5 Å². The van der Waals surface area contributed by atoms with E-state index in [1.165, 1.54) is 0 Å². The molecule has 116 valence electrons. The minimum atomic E-state index is -0.255. The molecule has 2 aliphatic rings. The van der Waals surface area contributed by atoms with E-state index in [0.29, 0.717) is 18.2 Å². The third-order valence-electron chi connectivity index (χ3n) is 4.73. The van der Waals surface area contributed by atoms with E-state index in [9.17, 15) is 9.18 Å². The van der Waals surface area contributed by atoms with E-state index in [-0.39, 0.29) is 24.8 Å². The molecule has 3 rings (SSSR count). The third-order valence-corrected chi connectivity index (χ3v) is 4.73. The summed E-state index contributed by atoms with van der Waals surface area (Å²) in [5.41, 5.74) is 0. The predicted octanol–water partition coefficient (Wildman–Crippen LogP) is 3.37. The fourth-order valence-electron chi connectivity index (χ4n) is 3.72. The van der Waals surface area contributed by atoms with Crippen LogP contribution in [0.2, 0.25) is 0 Å². The Morgan fingerprint density at radius 1 is 1.48 bits per heavy atom. The predicted molar refractivity (Wildman–Crippen MR) is 76.9 cm³/mol. The van der Waals surface area contributed by atoms with Crippen LogP contribution in [0.25, 0.3) is 0 Å². The van der Waals surface area contributed by atoms with Crippen molar-refractivity contribution in [2.75, 3.05) is 12.0 Å². The number of alkyl halides is 1. The fourth-order valence-corrected chi connectivity index (χ4v) is 3.72. The zero-order valence-electron chi connectivity index (χ0n) is 12.3. The van der Waals surface area contributed by atoms with E-state index in [1.54, 1.807) is 6.07 Å². The van der Waals surface area contributed by atoms with Crippen LogP contribution in [-0.4, -0.2) is 34.8 Å². The number of aromatic nitrogens is 1. The highest BCUT2D eigenvalue weighted by Gasteiger charge is 2.43. The van der Waals surface area contributed by atoms with Gasteiger partial charge in [-0.25, -0.2) is 4.79 Å². The van der Waals surface area contributed by atoms with Gasteiger partial charge in [-0.2, -0.15) is 0 Å². The Bertz CT molecular complexity index is 491. The summed E-state index contributed by atoms with van der Waals surface area (Å²) in [4.78, 5) is 14.4. The first-order valence-electron chi connectivity index (χ1n) is 7.82. The Balaban J connectivity index is 1.63. The summed E-state index contributed by atoms with van der Waals surface area (Å²) in [5.74, 6) is 1.66. The smallest absolute Gasteiger partial charge is 0.323 e. The van der Waals surface area contributed by atoms with Crippen LogP contribution in [0.3, 0.4) is 0 Å². The Hall–Kier alpha value is -1.59. The van der Waals surface area contributed by atoms with Gasteiger partial charge in [0, 0.05) is 24.6 Å². The van der Waals surface area contributed by atoms with Gasteiger partial charge < -0.3 is 9.42 Å². The lowest BCUT2D eigenvalue weighted by molar-refractivity contribution is 0.125. The van der Waals surface area contributed by atoms with Crippen LogP contribution in [0, 0.1) is 5.92 Å². The summed E-state index contributed by atoms with van der Waals surface area (Å²) in [5, 5.41) is 6.68. The molecular formula is C15H22FN3O2. The molecule has 2 amide bonds. The van der Waals surface area contributed by atoms with E-state index in [0.717, 1.165) is 37.9 Å². The number of nitrogens with one attached hydrogen (secondary N) is 1. The molecule has 0 radical (unpaired) electrons. The highest BCUT2D eigenvalue weighted by molar-refractivity contribution is 5.89. The number of anilines is 1. The average molecular weight is 295 g/mol. The quantitative estimate of drug-likeness (QED) is 0.926. The second-order valence-electron chi connectivity index (χ2n) is 6.07. The molecule has 1 N–H and O–H groups in total. The first-order chi connectivity index (χ1) is 10.2. The number of rotatable bonds is 4. The molecule has 1 aromatic rings. The van der Waals surface area contributed by atoms with Crippen LogP contribution in [0.5, 0.6) is 0 Å². The maximum Gasteiger partial charge on any atom is 0.323 e. The number of carbonyl (C=O) groups excluding carboxylic acids is 1. The summed E-state index contributed by atoms with van der Waals surface area (Å²) in [7, 11) is 0. The number of piperidine rings is 1. The molecule has 2 aliphatic heterocycles. The Labute approximate surface area is 123 Å². The van der Waals surface area contributed by atoms with Crippen LogP contribution >= 0.6 is 0 Å². The number of urea groups is 1. The number of fused-ring (bicyclic) bond motifs is 2. The minimum absolute atomic E-state index is 0.0999. The molecule has 0 aliphatic carbocycles. The molecule has 3 heterocycles. The molecule has 6 heteroatoms. The first kappa shape index (κ1) is 14.4. The highest BCUT2D eigenvalue weighted by atomic mass is 19.1. The summed E-state index contributed by atoms with van der Waals surface area (Å²) >= 11 is 0. The van der Waals surface area contributed by atoms with E-state index >= 15 is 0 Å². The van der Waals surface area contributed by atoms with Crippen molar-refractivity contribution in [3.8, 4) is 0 Å². The maximum absolute atomic E-state index is 12.5. The van der Waals surface area contributed by atoms with E-state index in [4.69, 9.17) is 4.52 Å². The van der Waals surface area contributed by atoms with Gasteiger partial charge in [0.25, 0.3) is 0 Å². The number of aryl methyl sites for hydroxylation is 1. The molecule has 0 saturated carbocycles. The van der Waals surface area contributed by atoms with Gasteiger partial charge >= 0.3 is 6.03 Å². The van der Waals surface area contributed by atoms with Gasteiger partial charge in [0.2, 0.25) is 0 Å². The van der Waals surface area contributed by atoms with Gasteiger partial charge in [-0.3, -0.25) is 9.71 Å². The molecule has 21 heavy (non-hydrogen) atoms. The number of nitrogens with zero attached hydrogens (tertiary/aromatic N) is 2. The lowest BCUT2D eigenvalue weighted by atomic mass is 9.89. The summed E-state index contributed by atoms with van der Waals surface area (Å²) in [6.07, 6.45) is 5.29. The second-order valence-corrected chi connectivity index (χ2v) is 6.07.